The third-order valence-electron chi connectivity index (χ3n) is 6.75. The van der Waals surface area contributed by atoms with Gasteiger partial charge >= 0.3 is 0 Å². The van der Waals surface area contributed by atoms with Crippen LogP contribution in [0.3, 0.4) is 0 Å². The van der Waals surface area contributed by atoms with Gasteiger partial charge in [-0.15, -0.1) is 0 Å². The molecule has 1 aliphatic rings. The zero-order chi connectivity index (χ0) is 25.7. The molecule has 3 N–H and O–H groups in total. The Hall–Kier alpha value is -3.58. The summed E-state index contributed by atoms with van der Waals surface area (Å²) in [6.45, 7) is 5.74. The van der Waals surface area contributed by atoms with Gasteiger partial charge in [0.25, 0.3) is 10.0 Å². The molecule has 1 saturated heterocycles. The van der Waals surface area contributed by atoms with Gasteiger partial charge in [-0.2, -0.15) is 0 Å². The number of nitrogens with zero attached hydrogens (tertiary/aromatic N) is 1. The predicted octanol–water partition coefficient (Wildman–Crippen LogP) is 5.39. The Bertz CT molecular complexity index is 1370. The van der Waals surface area contributed by atoms with E-state index in [1.54, 1.807) is 36.4 Å². The molecule has 0 spiro atoms. The lowest BCUT2D eigenvalue weighted by atomic mass is 9.90. The van der Waals surface area contributed by atoms with Crippen molar-refractivity contribution in [2.24, 2.45) is 5.73 Å². The molecule has 1 aliphatic heterocycles. The summed E-state index contributed by atoms with van der Waals surface area (Å²) in [4.78, 5) is 14.3. The average Bonchev–Trinajstić information content (AvgIpc) is 2.89. The fourth-order valence-corrected chi connectivity index (χ4v) is 6.03. The second-order valence-electron chi connectivity index (χ2n) is 8.96. The van der Waals surface area contributed by atoms with Gasteiger partial charge in [-0.05, 0) is 72.7 Å². The molecule has 0 radical (unpaired) electrons. The lowest BCUT2D eigenvalue weighted by Crippen LogP contribution is -2.31. The van der Waals surface area contributed by atoms with Crippen LogP contribution in [0.25, 0.3) is 6.08 Å². The van der Waals surface area contributed by atoms with Gasteiger partial charge in [0.15, 0.2) is 0 Å². The van der Waals surface area contributed by atoms with Crippen LogP contribution in [-0.4, -0.2) is 27.4 Å². The van der Waals surface area contributed by atoms with Crippen LogP contribution in [0.1, 0.15) is 53.7 Å². The molecule has 6 nitrogen and oxygen atoms in total. The molecule has 36 heavy (non-hydrogen) atoms. The van der Waals surface area contributed by atoms with Gasteiger partial charge < -0.3 is 10.6 Å². The maximum Gasteiger partial charge on any atom is 0.261 e. The number of rotatable bonds is 8. The molecule has 7 heteroatoms. The molecule has 1 amide bonds. The van der Waals surface area contributed by atoms with E-state index in [9.17, 15) is 13.2 Å². The second kappa shape index (κ2) is 11.0. The van der Waals surface area contributed by atoms with Crippen molar-refractivity contribution >= 4 is 33.4 Å². The highest BCUT2D eigenvalue weighted by atomic mass is 32.2. The maximum absolute atomic E-state index is 12.9. The summed E-state index contributed by atoms with van der Waals surface area (Å²) in [6, 6.07) is 19.8. The highest BCUT2D eigenvalue weighted by Gasteiger charge is 2.21. The number of anilines is 2. The van der Waals surface area contributed by atoms with E-state index in [1.807, 2.05) is 30.3 Å². The van der Waals surface area contributed by atoms with Gasteiger partial charge in [-0.3, -0.25) is 9.52 Å². The normalized spacial score (nSPS) is 13.9. The van der Waals surface area contributed by atoms with E-state index in [0.29, 0.717) is 11.3 Å². The van der Waals surface area contributed by atoms with Crippen molar-refractivity contribution < 1.29 is 13.2 Å². The molecule has 0 unspecified atom stereocenters. The molecule has 1 heterocycles. The van der Waals surface area contributed by atoms with E-state index in [1.165, 1.54) is 11.1 Å². The van der Waals surface area contributed by atoms with E-state index in [0.717, 1.165) is 55.6 Å². The predicted molar refractivity (Wildman–Crippen MR) is 147 cm³/mol. The molecule has 3 aromatic rings. The molecule has 0 saturated carbocycles. The Labute approximate surface area is 213 Å². The molecule has 0 bridgehead atoms. The van der Waals surface area contributed by atoms with Crippen molar-refractivity contribution in [3.8, 4) is 0 Å². The van der Waals surface area contributed by atoms with Gasteiger partial charge in [0.2, 0.25) is 5.91 Å². The Kier molecular flexibility index (Phi) is 7.79. The number of primary amides is 1. The van der Waals surface area contributed by atoms with Crippen molar-refractivity contribution in [3.05, 3.63) is 94.6 Å². The second-order valence-corrected chi connectivity index (χ2v) is 10.6. The van der Waals surface area contributed by atoms with Crippen molar-refractivity contribution in [2.45, 2.75) is 44.4 Å². The van der Waals surface area contributed by atoms with Crippen molar-refractivity contribution in [1.82, 2.24) is 0 Å². The number of hydrogen-bond acceptors (Lipinski definition) is 4. The molecular formula is C29H33N3O3S. The Balaban J connectivity index is 1.53. The Morgan fingerprint density at radius 2 is 1.56 bits per heavy atom. The van der Waals surface area contributed by atoms with Gasteiger partial charge in [0.1, 0.15) is 0 Å². The molecule has 4 rings (SSSR count). The molecular weight excluding hydrogens is 470 g/mol. The highest BCUT2D eigenvalue weighted by molar-refractivity contribution is 7.92. The van der Waals surface area contributed by atoms with Crippen molar-refractivity contribution in [2.75, 3.05) is 22.7 Å². The highest BCUT2D eigenvalue weighted by Crippen LogP contribution is 2.32. The Morgan fingerprint density at radius 3 is 2.19 bits per heavy atom. The molecule has 0 atom stereocenters. The third-order valence-corrected chi connectivity index (χ3v) is 8.13. The fraction of sp³-hybridized carbons (Fsp3) is 0.276. The standard InChI is InChI=1S/C29H33N3O3S/c1-3-24-22(14-15-26(29(30)33)25(24)4-2)20-21-16-18-32(19-17-21)28-13-9-8-12-27(28)31-36(34,35)23-10-6-5-7-11-23/h5-15,20,31H,3-4,16-19H2,1-2H3,(H2,30,33). The van der Waals surface area contributed by atoms with Crippen LogP contribution in [0, 0.1) is 0 Å². The summed E-state index contributed by atoms with van der Waals surface area (Å²) in [6.07, 6.45) is 5.61. The zero-order valence-corrected chi connectivity index (χ0v) is 21.6. The molecule has 188 valence electrons. The van der Waals surface area contributed by atoms with Crippen LogP contribution in [-0.2, 0) is 22.9 Å². The van der Waals surface area contributed by atoms with E-state index in [-0.39, 0.29) is 10.8 Å². The van der Waals surface area contributed by atoms with Gasteiger partial charge in [-0.25, -0.2) is 8.42 Å². The summed E-state index contributed by atoms with van der Waals surface area (Å²) in [5.74, 6) is -0.379. The number of nitrogens with one attached hydrogen (secondary N) is 1. The van der Waals surface area contributed by atoms with Gasteiger partial charge in [-0.1, -0.05) is 61.9 Å². The fourth-order valence-electron chi connectivity index (χ4n) is 4.94. The first-order valence-corrected chi connectivity index (χ1v) is 13.9. The van der Waals surface area contributed by atoms with Crippen molar-refractivity contribution in [3.63, 3.8) is 0 Å². The van der Waals surface area contributed by atoms with Gasteiger partial charge in [0.05, 0.1) is 16.3 Å². The summed E-state index contributed by atoms with van der Waals surface area (Å²) in [7, 11) is -3.67. The summed E-state index contributed by atoms with van der Waals surface area (Å²) < 4.78 is 28.6. The summed E-state index contributed by atoms with van der Waals surface area (Å²) >= 11 is 0. The van der Waals surface area contributed by atoms with Crippen LogP contribution in [0.4, 0.5) is 11.4 Å². The SMILES string of the molecule is CCc1c(C=C2CCN(c3ccccc3NS(=O)(=O)c3ccccc3)CC2)ccc(C(N)=O)c1CC. The number of nitrogens with two attached hydrogens (primary N) is 1. The number of piperidine rings is 1. The third kappa shape index (κ3) is 5.46. The summed E-state index contributed by atoms with van der Waals surface area (Å²) in [5, 5.41) is 0. The van der Waals surface area contributed by atoms with Crippen LogP contribution >= 0.6 is 0 Å². The lowest BCUT2D eigenvalue weighted by Gasteiger charge is -2.32. The zero-order valence-electron chi connectivity index (χ0n) is 20.8. The molecule has 1 fully saturated rings. The number of carbonyl (C=O) groups excluding carboxylic acids is 1. The number of para-hydroxylation sites is 2. The first-order chi connectivity index (χ1) is 17.3. The summed E-state index contributed by atoms with van der Waals surface area (Å²) in [5.41, 5.74) is 12.4. The van der Waals surface area contributed by atoms with Gasteiger partial charge in [0, 0.05) is 18.7 Å². The lowest BCUT2D eigenvalue weighted by molar-refractivity contribution is 0.0999. The van der Waals surface area contributed by atoms with E-state index >= 15 is 0 Å². The quantitative estimate of drug-likeness (QED) is 0.431. The number of hydrogen-bond donors (Lipinski definition) is 2. The minimum absolute atomic E-state index is 0.240. The molecule has 0 aliphatic carbocycles. The van der Waals surface area contributed by atoms with E-state index in [2.05, 4.69) is 29.5 Å². The number of amides is 1. The number of benzene rings is 3. The average molecular weight is 504 g/mol. The topological polar surface area (TPSA) is 92.5 Å². The Morgan fingerprint density at radius 1 is 0.917 bits per heavy atom. The monoisotopic (exact) mass is 503 g/mol. The van der Waals surface area contributed by atoms with Crippen molar-refractivity contribution in [1.29, 1.82) is 0 Å². The number of sulfonamides is 1. The minimum atomic E-state index is -3.67. The molecule has 3 aromatic carbocycles. The smallest absolute Gasteiger partial charge is 0.261 e. The first kappa shape index (κ1) is 25.5. The van der Waals surface area contributed by atoms with Crippen LogP contribution in [0.5, 0.6) is 0 Å². The van der Waals surface area contributed by atoms with E-state index in [4.69, 9.17) is 5.73 Å². The number of carbonyl (C=O) groups is 1. The first-order valence-electron chi connectivity index (χ1n) is 12.4. The maximum atomic E-state index is 12.9. The largest absolute Gasteiger partial charge is 0.369 e. The van der Waals surface area contributed by atoms with E-state index < -0.39 is 10.0 Å². The minimum Gasteiger partial charge on any atom is -0.369 e. The van der Waals surface area contributed by atoms with Crippen LogP contribution in [0.15, 0.2) is 77.2 Å². The van der Waals surface area contributed by atoms with Crippen LogP contribution in [0.2, 0.25) is 0 Å². The van der Waals surface area contributed by atoms with Crippen LogP contribution < -0.4 is 15.4 Å². The molecule has 0 aromatic heterocycles.